The molecule has 0 aliphatic heterocycles. The lowest BCUT2D eigenvalue weighted by Crippen LogP contribution is -2.50. The lowest BCUT2D eigenvalue weighted by atomic mass is 9.78. The summed E-state index contributed by atoms with van der Waals surface area (Å²) in [5, 5.41) is 20.2. The average molecular weight is 297 g/mol. The van der Waals surface area contributed by atoms with Crippen molar-refractivity contribution in [2.24, 2.45) is 11.8 Å². The first-order chi connectivity index (χ1) is 9.05. The predicted octanol–water partition coefficient (Wildman–Crippen LogP) is 1.31. The van der Waals surface area contributed by atoms with E-state index < -0.39 is 42.0 Å². The summed E-state index contributed by atoms with van der Waals surface area (Å²) < 4.78 is 38.5. The number of carboxylic acid groups (broad SMARTS) is 1. The summed E-state index contributed by atoms with van der Waals surface area (Å²) in [6.07, 6.45) is -3.49. The van der Waals surface area contributed by atoms with E-state index in [-0.39, 0.29) is 12.8 Å². The van der Waals surface area contributed by atoms with Crippen molar-refractivity contribution in [2.45, 2.75) is 44.4 Å². The molecule has 3 unspecified atom stereocenters. The number of aliphatic carboxylic acids is 1. The number of halogens is 3. The number of rotatable bonds is 4. The van der Waals surface area contributed by atoms with Crippen LogP contribution in [0.25, 0.3) is 0 Å². The molecule has 1 amide bonds. The number of nitrogens with one attached hydrogen (secondary N) is 1. The molecule has 0 saturated heterocycles. The number of hydrogen-bond acceptors (Lipinski definition) is 3. The Kier molecular flexibility index (Phi) is 5.01. The molecular formula is C12H18F3NO4. The van der Waals surface area contributed by atoms with Crippen molar-refractivity contribution in [3.8, 4) is 0 Å². The van der Waals surface area contributed by atoms with Gasteiger partial charge in [0.05, 0.1) is 12.5 Å². The Bertz CT molecular complexity index is 381. The Morgan fingerprint density at radius 1 is 1.25 bits per heavy atom. The molecule has 5 nitrogen and oxygen atoms in total. The van der Waals surface area contributed by atoms with Crippen LogP contribution in [-0.4, -0.2) is 40.4 Å². The lowest BCUT2D eigenvalue weighted by Gasteiger charge is -2.32. The highest BCUT2D eigenvalue weighted by molar-refractivity contribution is 5.81. The van der Waals surface area contributed by atoms with Crippen molar-refractivity contribution >= 4 is 11.9 Å². The van der Waals surface area contributed by atoms with Crippen LogP contribution < -0.4 is 5.32 Å². The Hall–Kier alpha value is -1.31. The molecule has 1 aliphatic carbocycles. The molecule has 0 heterocycles. The van der Waals surface area contributed by atoms with Gasteiger partial charge < -0.3 is 15.5 Å². The fraction of sp³-hybridized carbons (Fsp3) is 0.833. The van der Waals surface area contributed by atoms with Crippen molar-refractivity contribution in [1.29, 1.82) is 0 Å². The molecule has 0 spiro atoms. The Morgan fingerprint density at radius 2 is 1.80 bits per heavy atom. The van der Waals surface area contributed by atoms with Gasteiger partial charge in [-0.3, -0.25) is 4.79 Å². The molecule has 3 N–H and O–H groups in total. The van der Waals surface area contributed by atoms with E-state index in [9.17, 15) is 27.9 Å². The largest absolute Gasteiger partial charge is 0.479 e. The Morgan fingerprint density at radius 3 is 2.30 bits per heavy atom. The second kappa shape index (κ2) is 5.99. The molecule has 1 rings (SSSR count). The van der Waals surface area contributed by atoms with E-state index in [4.69, 9.17) is 5.11 Å². The highest BCUT2D eigenvalue weighted by Gasteiger charge is 2.48. The van der Waals surface area contributed by atoms with Crippen LogP contribution in [0.3, 0.4) is 0 Å². The molecule has 0 aromatic rings. The number of hydrogen-bond donors (Lipinski definition) is 3. The molecule has 20 heavy (non-hydrogen) atoms. The van der Waals surface area contributed by atoms with Crippen molar-refractivity contribution in [3.63, 3.8) is 0 Å². The maximum atomic E-state index is 12.8. The van der Waals surface area contributed by atoms with Crippen molar-refractivity contribution in [2.75, 3.05) is 6.54 Å². The third-order valence-corrected chi connectivity index (χ3v) is 3.59. The van der Waals surface area contributed by atoms with Gasteiger partial charge in [0.2, 0.25) is 5.91 Å². The minimum atomic E-state index is -4.45. The summed E-state index contributed by atoms with van der Waals surface area (Å²) in [4.78, 5) is 22.5. The number of carbonyl (C=O) groups is 2. The third kappa shape index (κ3) is 4.09. The zero-order chi connectivity index (χ0) is 15.6. The fourth-order valence-corrected chi connectivity index (χ4v) is 2.30. The van der Waals surface area contributed by atoms with Crippen LogP contribution in [0.15, 0.2) is 0 Å². The van der Waals surface area contributed by atoms with Crippen LogP contribution in [-0.2, 0) is 9.59 Å². The SMILES string of the molecule is CC(O)(CNC(=O)C1CCCCC1C(F)(F)F)C(=O)O. The monoisotopic (exact) mass is 297 g/mol. The van der Waals surface area contributed by atoms with Crippen LogP contribution in [0.1, 0.15) is 32.6 Å². The molecule has 0 bridgehead atoms. The molecule has 1 saturated carbocycles. The standard InChI is InChI=1S/C12H18F3NO4/c1-11(20,10(18)19)6-16-9(17)7-4-2-3-5-8(7)12(13,14)15/h7-8,20H,2-6H2,1H3,(H,16,17)(H,18,19). The van der Waals surface area contributed by atoms with Gasteiger partial charge >= 0.3 is 12.1 Å². The minimum Gasteiger partial charge on any atom is -0.479 e. The molecule has 116 valence electrons. The van der Waals surface area contributed by atoms with Gasteiger partial charge in [0.15, 0.2) is 5.60 Å². The number of aliphatic hydroxyl groups is 1. The van der Waals surface area contributed by atoms with Crippen LogP contribution in [0.4, 0.5) is 13.2 Å². The molecule has 0 aromatic heterocycles. The fourth-order valence-electron chi connectivity index (χ4n) is 2.30. The van der Waals surface area contributed by atoms with E-state index in [0.29, 0.717) is 12.8 Å². The highest BCUT2D eigenvalue weighted by atomic mass is 19.4. The van der Waals surface area contributed by atoms with E-state index >= 15 is 0 Å². The summed E-state index contributed by atoms with van der Waals surface area (Å²) in [5.74, 6) is -5.32. The van der Waals surface area contributed by atoms with Crippen LogP contribution in [0.2, 0.25) is 0 Å². The zero-order valence-corrected chi connectivity index (χ0v) is 11.0. The predicted molar refractivity (Wildman–Crippen MR) is 62.8 cm³/mol. The number of alkyl halides is 3. The van der Waals surface area contributed by atoms with Crippen molar-refractivity contribution in [1.82, 2.24) is 5.32 Å². The second-order valence-corrected chi connectivity index (χ2v) is 5.34. The minimum absolute atomic E-state index is 0.100. The average Bonchev–Trinajstić information content (AvgIpc) is 2.35. The van der Waals surface area contributed by atoms with E-state index in [0.717, 1.165) is 6.92 Å². The van der Waals surface area contributed by atoms with Crippen molar-refractivity contribution in [3.05, 3.63) is 0 Å². The molecular weight excluding hydrogens is 279 g/mol. The van der Waals surface area contributed by atoms with Gasteiger partial charge in [-0.1, -0.05) is 12.8 Å². The number of carboxylic acids is 1. The second-order valence-electron chi connectivity index (χ2n) is 5.34. The summed E-state index contributed by atoms with van der Waals surface area (Å²) >= 11 is 0. The molecule has 1 fully saturated rings. The topological polar surface area (TPSA) is 86.6 Å². The van der Waals surface area contributed by atoms with E-state index in [1.807, 2.05) is 0 Å². The van der Waals surface area contributed by atoms with Gasteiger partial charge in [0.1, 0.15) is 0 Å². The van der Waals surface area contributed by atoms with Crippen LogP contribution >= 0.6 is 0 Å². The van der Waals surface area contributed by atoms with E-state index in [1.165, 1.54) is 0 Å². The highest BCUT2D eigenvalue weighted by Crippen LogP contribution is 2.41. The number of amides is 1. The third-order valence-electron chi connectivity index (χ3n) is 3.59. The smallest absolute Gasteiger partial charge is 0.392 e. The molecule has 1 aliphatic rings. The lowest BCUT2D eigenvalue weighted by molar-refractivity contribution is -0.198. The van der Waals surface area contributed by atoms with E-state index in [2.05, 4.69) is 5.32 Å². The van der Waals surface area contributed by atoms with Gasteiger partial charge in [-0.15, -0.1) is 0 Å². The van der Waals surface area contributed by atoms with Gasteiger partial charge in [-0.05, 0) is 19.8 Å². The first kappa shape index (κ1) is 16.7. The van der Waals surface area contributed by atoms with Crippen molar-refractivity contribution < 1.29 is 33.0 Å². The molecule has 0 aromatic carbocycles. The van der Waals surface area contributed by atoms with Gasteiger partial charge in [-0.2, -0.15) is 13.2 Å². The molecule has 8 heteroatoms. The number of carbonyl (C=O) groups excluding carboxylic acids is 1. The quantitative estimate of drug-likeness (QED) is 0.730. The first-order valence-electron chi connectivity index (χ1n) is 6.36. The maximum absolute atomic E-state index is 12.8. The van der Waals surface area contributed by atoms with Gasteiger partial charge in [-0.25, -0.2) is 4.79 Å². The van der Waals surface area contributed by atoms with E-state index in [1.54, 1.807) is 0 Å². The molecule has 3 atom stereocenters. The zero-order valence-electron chi connectivity index (χ0n) is 11.0. The Balaban J connectivity index is 2.67. The van der Waals surface area contributed by atoms with Gasteiger partial charge in [0.25, 0.3) is 0 Å². The Labute approximate surface area is 114 Å². The van der Waals surface area contributed by atoms with Gasteiger partial charge in [0, 0.05) is 5.92 Å². The van der Waals surface area contributed by atoms with Crippen LogP contribution in [0.5, 0.6) is 0 Å². The maximum Gasteiger partial charge on any atom is 0.392 e. The first-order valence-corrected chi connectivity index (χ1v) is 6.36. The summed E-state index contributed by atoms with van der Waals surface area (Å²) in [6, 6.07) is 0. The summed E-state index contributed by atoms with van der Waals surface area (Å²) in [7, 11) is 0. The van der Waals surface area contributed by atoms with Crippen LogP contribution in [0, 0.1) is 11.8 Å². The normalized spacial score (nSPS) is 26.6. The summed E-state index contributed by atoms with van der Waals surface area (Å²) in [5.41, 5.74) is -2.20. The molecule has 0 radical (unpaired) electrons. The summed E-state index contributed by atoms with van der Waals surface area (Å²) in [6.45, 7) is 0.347.